The van der Waals surface area contributed by atoms with Crippen LogP contribution >= 0.6 is 11.8 Å². The third kappa shape index (κ3) is 2.89. The molecule has 1 N–H and O–H groups in total. The SMILES string of the molecule is CCC(C(=O)O)N1CC(C)SC(C)C1. The smallest absolute Gasteiger partial charge is 0.320 e. The minimum Gasteiger partial charge on any atom is -0.480 e. The summed E-state index contributed by atoms with van der Waals surface area (Å²) in [5.74, 6) is -0.682. The molecule has 0 bridgehead atoms. The number of hydrogen-bond donors (Lipinski definition) is 1. The van der Waals surface area contributed by atoms with E-state index in [-0.39, 0.29) is 6.04 Å². The van der Waals surface area contributed by atoms with Crippen LogP contribution in [0.3, 0.4) is 0 Å². The van der Waals surface area contributed by atoms with E-state index in [0.717, 1.165) is 13.1 Å². The van der Waals surface area contributed by atoms with Gasteiger partial charge in [0.2, 0.25) is 0 Å². The van der Waals surface area contributed by atoms with Gasteiger partial charge in [0.15, 0.2) is 0 Å². The number of carbonyl (C=O) groups is 1. The van der Waals surface area contributed by atoms with Gasteiger partial charge in [0.05, 0.1) is 0 Å². The largest absolute Gasteiger partial charge is 0.480 e. The van der Waals surface area contributed by atoms with E-state index < -0.39 is 5.97 Å². The van der Waals surface area contributed by atoms with Crippen molar-refractivity contribution in [2.45, 2.75) is 43.7 Å². The zero-order valence-corrected chi connectivity index (χ0v) is 9.88. The standard InChI is InChI=1S/C10H19NO2S/c1-4-9(10(12)13)11-5-7(2)14-8(3)6-11/h7-9H,4-6H2,1-3H3,(H,12,13). The topological polar surface area (TPSA) is 40.5 Å². The predicted molar refractivity (Wildman–Crippen MR) is 59.8 cm³/mol. The average molecular weight is 217 g/mol. The molecule has 0 amide bonds. The third-order valence-corrected chi connectivity index (χ3v) is 3.79. The zero-order valence-electron chi connectivity index (χ0n) is 9.06. The van der Waals surface area contributed by atoms with Gasteiger partial charge in [-0.2, -0.15) is 11.8 Å². The first-order chi connectivity index (χ1) is 6.54. The number of aliphatic carboxylic acids is 1. The molecule has 1 rings (SSSR count). The zero-order chi connectivity index (χ0) is 10.7. The van der Waals surface area contributed by atoms with E-state index in [1.54, 1.807) is 0 Å². The minimum atomic E-state index is -0.682. The van der Waals surface area contributed by atoms with E-state index in [2.05, 4.69) is 18.7 Å². The molecule has 82 valence electrons. The summed E-state index contributed by atoms with van der Waals surface area (Å²) in [5.41, 5.74) is 0. The predicted octanol–water partition coefficient (Wildman–Crippen LogP) is 1.68. The van der Waals surface area contributed by atoms with Crippen LogP contribution in [0.1, 0.15) is 27.2 Å². The van der Waals surface area contributed by atoms with E-state index in [4.69, 9.17) is 5.11 Å². The molecule has 3 unspecified atom stereocenters. The maximum atomic E-state index is 11.0. The van der Waals surface area contributed by atoms with Crippen molar-refractivity contribution in [3.8, 4) is 0 Å². The molecule has 0 radical (unpaired) electrons. The summed E-state index contributed by atoms with van der Waals surface area (Å²) in [6.45, 7) is 8.08. The average Bonchev–Trinajstić information content (AvgIpc) is 2.02. The molecule has 1 aliphatic rings. The summed E-state index contributed by atoms with van der Waals surface area (Å²) < 4.78 is 0. The molecule has 3 nitrogen and oxygen atoms in total. The van der Waals surface area contributed by atoms with Gasteiger partial charge in [0, 0.05) is 23.6 Å². The fourth-order valence-electron chi connectivity index (χ4n) is 2.06. The van der Waals surface area contributed by atoms with Gasteiger partial charge >= 0.3 is 5.97 Å². The second-order valence-electron chi connectivity index (χ2n) is 3.97. The first-order valence-corrected chi connectivity index (χ1v) is 6.11. The van der Waals surface area contributed by atoms with Crippen LogP contribution < -0.4 is 0 Å². The van der Waals surface area contributed by atoms with Gasteiger partial charge in [-0.3, -0.25) is 9.69 Å². The Labute approximate surface area is 89.9 Å². The highest BCUT2D eigenvalue weighted by Gasteiger charge is 2.30. The van der Waals surface area contributed by atoms with Gasteiger partial charge in [-0.25, -0.2) is 0 Å². The van der Waals surface area contributed by atoms with E-state index >= 15 is 0 Å². The molecule has 1 aliphatic heterocycles. The van der Waals surface area contributed by atoms with Crippen molar-refractivity contribution < 1.29 is 9.90 Å². The van der Waals surface area contributed by atoms with E-state index in [1.165, 1.54) is 0 Å². The van der Waals surface area contributed by atoms with Gasteiger partial charge in [-0.05, 0) is 6.42 Å². The molecule has 0 spiro atoms. The van der Waals surface area contributed by atoms with E-state index in [1.807, 2.05) is 18.7 Å². The van der Waals surface area contributed by atoms with Crippen LogP contribution in [0.2, 0.25) is 0 Å². The number of nitrogens with zero attached hydrogens (tertiary/aromatic N) is 1. The highest BCUT2D eigenvalue weighted by Crippen LogP contribution is 2.26. The lowest BCUT2D eigenvalue weighted by atomic mass is 10.1. The van der Waals surface area contributed by atoms with Crippen molar-refractivity contribution in [3.63, 3.8) is 0 Å². The number of carboxylic acid groups (broad SMARTS) is 1. The Kier molecular flexibility index (Phi) is 4.26. The lowest BCUT2D eigenvalue weighted by Gasteiger charge is -2.37. The van der Waals surface area contributed by atoms with Crippen molar-refractivity contribution >= 4 is 17.7 Å². The van der Waals surface area contributed by atoms with Gasteiger partial charge in [0.1, 0.15) is 6.04 Å². The molecule has 3 atom stereocenters. The Morgan fingerprint density at radius 2 is 2.00 bits per heavy atom. The second kappa shape index (κ2) is 5.03. The minimum absolute atomic E-state index is 0.291. The maximum absolute atomic E-state index is 11.0. The van der Waals surface area contributed by atoms with Gasteiger partial charge in [0.25, 0.3) is 0 Å². The Bertz CT molecular complexity index is 200. The molecule has 0 aromatic rings. The van der Waals surface area contributed by atoms with Crippen molar-refractivity contribution in [3.05, 3.63) is 0 Å². The number of hydrogen-bond acceptors (Lipinski definition) is 3. The fraction of sp³-hybridized carbons (Fsp3) is 0.900. The molecular weight excluding hydrogens is 198 g/mol. The lowest BCUT2D eigenvalue weighted by Crippen LogP contribution is -2.49. The number of thioether (sulfide) groups is 1. The molecule has 0 saturated carbocycles. The van der Waals surface area contributed by atoms with E-state index in [0.29, 0.717) is 16.9 Å². The molecule has 1 fully saturated rings. The quantitative estimate of drug-likeness (QED) is 0.781. The van der Waals surface area contributed by atoms with Gasteiger partial charge in [-0.1, -0.05) is 20.8 Å². The number of rotatable bonds is 3. The van der Waals surface area contributed by atoms with Gasteiger partial charge < -0.3 is 5.11 Å². The summed E-state index contributed by atoms with van der Waals surface area (Å²) in [4.78, 5) is 13.1. The third-order valence-electron chi connectivity index (χ3n) is 2.56. The first kappa shape index (κ1) is 11.9. The molecule has 1 heterocycles. The van der Waals surface area contributed by atoms with E-state index in [9.17, 15) is 4.79 Å². The Morgan fingerprint density at radius 1 is 1.50 bits per heavy atom. The van der Waals surface area contributed by atoms with Crippen molar-refractivity contribution in [1.29, 1.82) is 0 Å². The first-order valence-electron chi connectivity index (χ1n) is 5.17. The van der Waals surface area contributed by atoms with Crippen LogP contribution in [0.25, 0.3) is 0 Å². The summed E-state index contributed by atoms with van der Waals surface area (Å²) >= 11 is 1.95. The van der Waals surface area contributed by atoms with Gasteiger partial charge in [-0.15, -0.1) is 0 Å². The molecule has 1 saturated heterocycles. The van der Waals surface area contributed by atoms with Crippen LogP contribution in [0.5, 0.6) is 0 Å². The summed E-state index contributed by atoms with van der Waals surface area (Å²) in [6, 6.07) is -0.291. The summed E-state index contributed by atoms with van der Waals surface area (Å²) in [6.07, 6.45) is 0.694. The normalized spacial score (nSPS) is 31.4. The van der Waals surface area contributed by atoms with Crippen LogP contribution in [-0.4, -0.2) is 45.6 Å². The lowest BCUT2D eigenvalue weighted by molar-refractivity contribution is -0.143. The van der Waals surface area contributed by atoms with Crippen molar-refractivity contribution in [2.24, 2.45) is 0 Å². The molecule has 4 heteroatoms. The van der Waals surface area contributed by atoms with Crippen LogP contribution in [0.15, 0.2) is 0 Å². The second-order valence-corrected chi connectivity index (χ2v) is 5.86. The molecule has 0 aromatic heterocycles. The Morgan fingerprint density at radius 3 is 2.36 bits per heavy atom. The van der Waals surface area contributed by atoms with Crippen LogP contribution in [0, 0.1) is 0 Å². The summed E-state index contributed by atoms with van der Waals surface area (Å²) in [5, 5.41) is 10.1. The molecular formula is C10H19NO2S. The fourth-order valence-corrected chi connectivity index (χ4v) is 3.41. The maximum Gasteiger partial charge on any atom is 0.320 e. The summed E-state index contributed by atoms with van der Waals surface area (Å²) in [7, 11) is 0. The molecule has 0 aromatic carbocycles. The van der Waals surface area contributed by atoms with Crippen molar-refractivity contribution in [1.82, 2.24) is 4.90 Å². The molecule has 14 heavy (non-hydrogen) atoms. The Hall–Kier alpha value is -0.220. The highest BCUT2D eigenvalue weighted by molar-refractivity contribution is 8.00. The number of carboxylic acids is 1. The molecule has 0 aliphatic carbocycles. The highest BCUT2D eigenvalue weighted by atomic mass is 32.2. The van der Waals surface area contributed by atoms with Crippen LogP contribution in [0.4, 0.5) is 0 Å². The Balaban J connectivity index is 2.61. The van der Waals surface area contributed by atoms with Crippen molar-refractivity contribution in [2.75, 3.05) is 13.1 Å². The van der Waals surface area contributed by atoms with Crippen LogP contribution in [-0.2, 0) is 4.79 Å². The monoisotopic (exact) mass is 217 g/mol.